The Bertz CT molecular complexity index is 259. The summed E-state index contributed by atoms with van der Waals surface area (Å²) in [6.45, 7) is 13.9. The van der Waals surface area contributed by atoms with E-state index in [1.165, 1.54) is 25.7 Å². The SMILES string of the molecule is C=C1C2CCC(CC(C)C)(C2)C1(C)C. The molecule has 2 fully saturated rings. The summed E-state index contributed by atoms with van der Waals surface area (Å²) in [5, 5.41) is 0. The highest BCUT2D eigenvalue weighted by Gasteiger charge is 2.58. The zero-order valence-corrected chi connectivity index (χ0v) is 10.2. The quantitative estimate of drug-likeness (QED) is 0.568. The normalized spacial score (nSPS) is 39.8. The van der Waals surface area contributed by atoms with Crippen molar-refractivity contribution in [2.75, 3.05) is 0 Å². The first-order valence-electron chi connectivity index (χ1n) is 6.08. The Balaban J connectivity index is 2.30. The zero-order chi connectivity index (χ0) is 10.6. The minimum absolute atomic E-state index is 0.403. The monoisotopic (exact) mass is 192 g/mol. The maximum absolute atomic E-state index is 4.34. The van der Waals surface area contributed by atoms with E-state index in [0.717, 1.165) is 11.8 Å². The average Bonchev–Trinajstić information content (AvgIpc) is 2.52. The molecule has 2 atom stereocenters. The molecule has 0 aromatic heterocycles. The van der Waals surface area contributed by atoms with Gasteiger partial charge >= 0.3 is 0 Å². The molecule has 0 N–H and O–H groups in total. The van der Waals surface area contributed by atoms with Crippen LogP contribution in [0.2, 0.25) is 0 Å². The Morgan fingerprint density at radius 2 is 2.07 bits per heavy atom. The highest BCUT2D eigenvalue weighted by Crippen LogP contribution is 2.68. The fourth-order valence-electron chi connectivity index (χ4n) is 4.06. The molecule has 14 heavy (non-hydrogen) atoms. The molecule has 2 aliphatic carbocycles. The average molecular weight is 192 g/mol. The first kappa shape index (κ1) is 10.3. The van der Waals surface area contributed by atoms with E-state index in [-0.39, 0.29) is 0 Å². The van der Waals surface area contributed by atoms with Gasteiger partial charge in [-0.2, -0.15) is 0 Å². The van der Waals surface area contributed by atoms with Crippen molar-refractivity contribution < 1.29 is 0 Å². The van der Waals surface area contributed by atoms with Gasteiger partial charge in [-0.1, -0.05) is 39.8 Å². The number of rotatable bonds is 2. The van der Waals surface area contributed by atoms with Gasteiger partial charge in [0, 0.05) is 0 Å². The van der Waals surface area contributed by atoms with Crippen molar-refractivity contribution in [2.45, 2.75) is 53.4 Å². The zero-order valence-electron chi connectivity index (χ0n) is 10.2. The van der Waals surface area contributed by atoms with Gasteiger partial charge < -0.3 is 0 Å². The fourth-order valence-corrected chi connectivity index (χ4v) is 4.06. The van der Waals surface area contributed by atoms with E-state index in [2.05, 4.69) is 34.3 Å². The number of fused-ring (bicyclic) bond motifs is 2. The summed E-state index contributed by atoms with van der Waals surface area (Å²) < 4.78 is 0. The lowest BCUT2D eigenvalue weighted by Crippen LogP contribution is -2.35. The van der Waals surface area contributed by atoms with Crippen LogP contribution >= 0.6 is 0 Å². The number of hydrogen-bond acceptors (Lipinski definition) is 0. The molecule has 2 unspecified atom stereocenters. The standard InChI is InChI=1S/C14H24/c1-10(2)8-14-7-6-12(9-14)11(3)13(14,4)5/h10,12H,3,6-9H2,1-2,4-5H3. The van der Waals surface area contributed by atoms with Gasteiger partial charge in [0.05, 0.1) is 0 Å². The third-order valence-corrected chi connectivity index (χ3v) is 5.03. The van der Waals surface area contributed by atoms with Gasteiger partial charge in [-0.25, -0.2) is 0 Å². The maximum atomic E-state index is 4.34. The molecule has 0 radical (unpaired) electrons. The topological polar surface area (TPSA) is 0 Å². The first-order chi connectivity index (χ1) is 6.39. The van der Waals surface area contributed by atoms with E-state index in [4.69, 9.17) is 0 Å². The van der Waals surface area contributed by atoms with Crippen LogP contribution in [0.3, 0.4) is 0 Å². The van der Waals surface area contributed by atoms with Crippen molar-refractivity contribution >= 4 is 0 Å². The molecule has 0 heterocycles. The van der Waals surface area contributed by atoms with Crippen molar-refractivity contribution in [3.8, 4) is 0 Å². The van der Waals surface area contributed by atoms with E-state index in [0.29, 0.717) is 10.8 Å². The van der Waals surface area contributed by atoms with Crippen molar-refractivity contribution in [3.05, 3.63) is 12.2 Å². The molecule has 80 valence electrons. The van der Waals surface area contributed by atoms with Crippen LogP contribution in [-0.2, 0) is 0 Å². The summed E-state index contributed by atoms with van der Waals surface area (Å²) >= 11 is 0. The minimum Gasteiger partial charge on any atom is -0.0990 e. The molecule has 2 saturated carbocycles. The second kappa shape index (κ2) is 2.87. The van der Waals surface area contributed by atoms with Gasteiger partial charge in [0.1, 0.15) is 0 Å². The Morgan fingerprint density at radius 1 is 1.43 bits per heavy atom. The maximum Gasteiger partial charge on any atom is -0.00879 e. The van der Waals surface area contributed by atoms with Crippen LogP contribution < -0.4 is 0 Å². The lowest BCUT2D eigenvalue weighted by Gasteiger charge is -2.44. The fraction of sp³-hybridized carbons (Fsp3) is 0.857. The number of allylic oxidation sites excluding steroid dienone is 1. The van der Waals surface area contributed by atoms with Gasteiger partial charge in [-0.15, -0.1) is 0 Å². The van der Waals surface area contributed by atoms with Gasteiger partial charge in [-0.05, 0) is 48.3 Å². The molecule has 0 aliphatic heterocycles. The Morgan fingerprint density at radius 3 is 2.50 bits per heavy atom. The van der Waals surface area contributed by atoms with Crippen LogP contribution in [-0.4, -0.2) is 0 Å². The van der Waals surface area contributed by atoms with E-state index in [9.17, 15) is 0 Å². The van der Waals surface area contributed by atoms with Crippen LogP contribution in [0.1, 0.15) is 53.4 Å². The smallest absolute Gasteiger partial charge is 0.00879 e. The molecule has 0 heteroatoms. The molecule has 0 aromatic carbocycles. The summed E-state index contributed by atoms with van der Waals surface area (Å²) in [6, 6.07) is 0. The molecule has 0 saturated heterocycles. The highest BCUT2D eigenvalue weighted by atomic mass is 14.6. The first-order valence-corrected chi connectivity index (χ1v) is 6.08. The van der Waals surface area contributed by atoms with Crippen LogP contribution in [0.25, 0.3) is 0 Å². The molecule has 0 spiro atoms. The molecule has 2 bridgehead atoms. The van der Waals surface area contributed by atoms with E-state index in [1.54, 1.807) is 5.57 Å². The lowest BCUT2D eigenvalue weighted by atomic mass is 9.60. The minimum atomic E-state index is 0.403. The van der Waals surface area contributed by atoms with Crippen LogP contribution in [0.15, 0.2) is 12.2 Å². The van der Waals surface area contributed by atoms with Crippen LogP contribution in [0.4, 0.5) is 0 Å². The number of hydrogen-bond donors (Lipinski definition) is 0. The summed E-state index contributed by atoms with van der Waals surface area (Å²) in [6.07, 6.45) is 5.68. The summed E-state index contributed by atoms with van der Waals surface area (Å²) in [4.78, 5) is 0. The van der Waals surface area contributed by atoms with Crippen molar-refractivity contribution in [1.82, 2.24) is 0 Å². The molecule has 0 nitrogen and oxygen atoms in total. The predicted octanol–water partition coefficient (Wildman–Crippen LogP) is 4.42. The van der Waals surface area contributed by atoms with E-state index in [1.807, 2.05) is 0 Å². The van der Waals surface area contributed by atoms with Gasteiger partial charge in [-0.3, -0.25) is 0 Å². The second-order valence-electron chi connectivity index (χ2n) is 6.47. The van der Waals surface area contributed by atoms with Gasteiger partial charge in [0.2, 0.25) is 0 Å². The lowest BCUT2D eigenvalue weighted by molar-refractivity contribution is 0.101. The molecule has 0 aromatic rings. The van der Waals surface area contributed by atoms with E-state index >= 15 is 0 Å². The molecule has 2 aliphatic rings. The molecular formula is C14H24. The van der Waals surface area contributed by atoms with E-state index < -0.39 is 0 Å². The van der Waals surface area contributed by atoms with Crippen LogP contribution in [0.5, 0.6) is 0 Å². The van der Waals surface area contributed by atoms with Gasteiger partial charge in [0.15, 0.2) is 0 Å². The van der Waals surface area contributed by atoms with Crippen molar-refractivity contribution in [1.29, 1.82) is 0 Å². The highest BCUT2D eigenvalue weighted by molar-refractivity contribution is 5.27. The molecule has 0 amide bonds. The molecule has 2 rings (SSSR count). The Labute approximate surface area is 88.8 Å². The summed E-state index contributed by atoms with van der Waals surface area (Å²) in [5.41, 5.74) is 2.55. The Hall–Kier alpha value is -0.260. The van der Waals surface area contributed by atoms with Crippen molar-refractivity contribution in [2.24, 2.45) is 22.7 Å². The van der Waals surface area contributed by atoms with Gasteiger partial charge in [0.25, 0.3) is 0 Å². The summed E-state index contributed by atoms with van der Waals surface area (Å²) in [5.74, 6) is 1.68. The predicted molar refractivity (Wildman–Crippen MR) is 62.2 cm³/mol. The third kappa shape index (κ3) is 1.12. The second-order valence-corrected chi connectivity index (χ2v) is 6.47. The Kier molecular flexibility index (Phi) is 2.10. The third-order valence-electron chi connectivity index (χ3n) is 5.03. The largest absolute Gasteiger partial charge is 0.0990 e. The van der Waals surface area contributed by atoms with Crippen LogP contribution in [0, 0.1) is 22.7 Å². The summed E-state index contributed by atoms with van der Waals surface area (Å²) in [7, 11) is 0. The molecular weight excluding hydrogens is 168 g/mol. The van der Waals surface area contributed by atoms with Crippen molar-refractivity contribution in [3.63, 3.8) is 0 Å².